The molecule has 0 unspecified atom stereocenters. The van der Waals surface area contributed by atoms with E-state index in [0.29, 0.717) is 11.1 Å². The zero-order valence-corrected chi connectivity index (χ0v) is 10.6. The molecule has 0 aliphatic rings. The van der Waals surface area contributed by atoms with Crippen LogP contribution >= 0.6 is 0 Å². The molecular formula is C13H15NO4. The van der Waals surface area contributed by atoms with E-state index in [4.69, 9.17) is 9.15 Å². The average Bonchev–Trinajstić information content (AvgIpc) is 2.53. The number of H-pyrrole nitrogens is 1. The predicted octanol–water partition coefficient (Wildman–Crippen LogP) is 2.01. The fourth-order valence-electron chi connectivity index (χ4n) is 1.64. The number of benzene rings is 1. The molecule has 0 saturated carbocycles. The van der Waals surface area contributed by atoms with Gasteiger partial charge >= 0.3 is 11.7 Å². The molecule has 0 saturated heterocycles. The summed E-state index contributed by atoms with van der Waals surface area (Å²) in [5, 5.41) is 0. The first kappa shape index (κ1) is 12.4. The number of hydrogen-bond donors (Lipinski definition) is 1. The molecule has 2 rings (SSSR count). The summed E-state index contributed by atoms with van der Waals surface area (Å²) in [5.41, 5.74) is 1.32. The SMILES string of the molecule is CC(C)(C)OC(=O)Cc1ccc2[nH]c(=O)oc2c1. The van der Waals surface area contributed by atoms with Gasteiger partial charge in [-0.05, 0) is 38.5 Å². The summed E-state index contributed by atoms with van der Waals surface area (Å²) in [4.78, 5) is 25.2. The molecule has 1 aromatic heterocycles. The quantitative estimate of drug-likeness (QED) is 0.826. The fourth-order valence-corrected chi connectivity index (χ4v) is 1.64. The van der Waals surface area contributed by atoms with E-state index in [0.717, 1.165) is 5.56 Å². The average molecular weight is 249 g/mol. The van der Waals surface area contributed by atoms with E-state index in [1.165, 1.54) is 0 Å². The van der Waals surface area contributed by atoms with Gasteiger partial charge in [0.15, 0.2) is 5.58 Å². The maximum absolute atomic E-state index is 11.6. The van der Waals surface area contributed by atoms with Crippen LogP contribution in [0.3, 0.4) is 0 Å². The molecule has 0 spiro atoms. The first-order valence-corrected chi connectivity index (χ1v) is 5.67. The minimum atomic E-state index is -0.501. The summed E-state index contributed by atoms with van der Waals surface area (Å²) in [7, 11) is 0. The number of aromatic nitrogens is 1. The number of ether oxygens (including phenoxy) is 1. The smallest absolute Gasteiger partial charge is 0.417 e. The minimum Gasteiger partial charge on any atom is -0.460 e. The Morgan fingerprint density at radius 3 is 2.78 bits per heavy atom. The van der Waals surface area contributed by atoms with Crippen molar-refractivity contribution in [1.29, 1.82) is 0 Å². The number of carbonyl (C=O) groups excluding carboxylic acids is 1. The zero-order chi connectivity index (χ0) is 13.3. The largest absolute Gasteiger partial charge is 0.460 e. The maximum atomic E-state index is 11.6. The van der Waals surface area contributed by atoms with Gasteiger partial charge in [0.05, 0.1) is 11.9 Å². The molecular weight excluding hydrogens is 234 g/mol. The number of rotatable bonds is 2. The van der Waals surface area contributed by atoms with Gasteiger partial charge in [0.2, 0.25) is 0 Å². The van der Waals surface area contributed by atoms with Crippen molar-refractivity contribution in [3.05, 3.63) is 34.3 Å². The molecule has 1 N–H and O–H groups in total. The van der Waals surface area contributed by atoms with Crippen molar-refractivity contribution in [2.24, 2.45) is 0 Å². The van der Waals surface area contributed by atoms with Gasteiger partial charge < -0.3 is 9.15 Å². The van der Waals surface area contributed by atoms with E-state index < -0.39 is 11.4 Å². The topological polar surface area (TPSA) is 72.3 Å². The Balaban J connectivity index is 2.17. The number of oxazole rings is 1. The van der Waals surface area contributed by atoms with Gasteiger partial charge in [-0.2, -0.15) is 0 Å². The van der Waals surface area contributed by atoms with E-state index >= 15 is 0 Å². The highest BCUT2D eigenvalue weighted by molar-refractivity contribution is 5.77. The Bertz CT molecular complexity index is 630. The Morgan fingerprint density at radius 1 is 1.39 bits per heavy atom. The second kappa shape index (κ2) is 4.33. The molecule has 5 nitrogen and oxygen atoms in total. The number of aromatic amines is 1. The van der Waals surface area contributed by atoms with E-state index in [2.05, 4.69) is 4.98 Å². The molecule has 1 aromatic carbocycles. The molecule has 0 fully saturated rings. The van der Waals surface area contributed by atoms with Crippen LogP contribution in [-0.2, 0) is 16.0 Å². The van der Waals surface area contributed by atoms with Crippen LogP contribution in [0.5, 0.6) is 0 Å². The van der Waals surface area contributed by atoms with Crippen molar-refractivity contribution in [2.75, 3.05) is 0 Å². The van der Waals surface area contributed by atoms with Crippen molar-refractivity contribution < 1.29 is 13.9 Å². The summed E-state index contributed by atoms with van der Waals surface area (Å²) >= 11 is 0. The third kappa shape index (κ3) is 3.00. The normalized spacial score (nSPS) is 11.7. The van der Waals surface area contributed by atoms with Gasteiger partial charge in [0, 0.05) is 0 Å². The number of hydrogen-bond acceptors (Lipinski definition) is 4. The predicted molar refractivity (Wildman–Crippen MR) is 66.4 cm³/mol. The molecule has 0 amide bonds. The van der Waals surface area contributed by atoms with E-state index in [1.807, 2.05) is 20.8 Å². The Hall–Kier alpha value is -2.04. The van der Waals surface area contributed by atoms with Gasteiger partial charge in [0.25, 0.3) is 0 Å². The molecule has 2 aromatic rings. The van der Waals surface area contributed by atoms with Gasteiger partial charge in [-0.1, -0.05) is 6.07 Å². The highest BCUT2D eigenvalue weighted by Gasteiger charge is 2.16. The first-order chi connectivity index (χ1) is 8.33. The lowest BCUT2D eigenvalue weighted by molar-refractivity contribution is -0.153. The van der Waals surface area contributed by atoms with Gasteiger partial charge in [0.1, 0.15) is 5.60 Å². The molecule has 0 aliphatic carbocycles. The van der Waals surface area contributed by atoms with Crippen molar-refractivity contribution in [2.45, 2.75) is 32.8 Å². The van der Waals surface area contributed by atoms with Crippen LogP contribution in [0, 0.1) is 0 Å². The highest BCUT2D eigenvalue weighted by atomic mass is 16.6. The summed E-state index contributed by atoms with van der Waals surface area (Å²) < 4.78 is 10.1. The molecule has 1 heterocycles. The van der Waals surface area contributed by atoms with Gasteiger partial charge in [-0.15, -0.1) is 0 Å². The van der Waals surface area contributed by atoms with Crippen LogP contribution in [0.2, 0.25) is 0 Å². The van der Waals surface area contributed by atoms with Crippen LogP contribution in [0.1, 0.15) is 26.3 Å². The van der Waals surface area contributed by atoms with Crippen LogP contribution in [0.4, 0.5) is 0 Å². The molecule has 18 heavy (non-hydrogen) atoms. The molecule has 96 valence electrons. The van der Waals surface area contributed by atoms with Crippen molar-refractivity contribution in [3.8, 4) is 0 Å². The standard InChI is InChI=1S/C13H15NO4/c1-13(2,3)18-11(15)7-8-4-5-9-10(6-8)17-12(16)14-9/h4-6H,7H2,1-3H3,(H,14,16). The summed E-state index contributed by atoms with van der Waals surface area (Å²) in [6.45, 7) is 5.46. The monoisotopic (exact) mass is 249 g/mol. The molecule has 5 heteroatoms. The maximum Gasteiger partial charge on any atom is 0.417 e. The molecule has 0 bridgehead atoms. The molecule has 0 atom stereocenters. The van der Waals surface area contributed by atoms with E-state index in [-0.39, 0.29) is 12.4 Å². The minimum absolute atomic E-state index is 0.155. The molecule has 0 radical (unpaired) electrons. The lowest BCUT2D eigenvalue weighted by Gasteiger charge is -2.19. The summed E-state index contributed by atoms with van der Waals surface area (Å²) in [6.07, 6.45) is 0.155. The van der Waals surface area contributed by atoms with Crippen molar-refractivity contribution in [3.63, 3.8) is 0 Å². The lowest BCUT2D eigenvalue weighted by atomic mass is 10.1. The van der Waals surface area contributed by atoms with Crippen LogP contribution in [0.25, 0.3) is 11.1 Å². The van der Waals surface area contributed by atoms with E-state index in [1.54, 1.807) is 18.2 Å². The fraction of sp³-hybridized carbons (Fsp3) is 0.385. The molecule has 0 aliphatic heterocycles. The Labute approximate surface area is 104 Å². The number of nitrogens with one attached hydrogen (secondary N) is 1. The van der Waals surface area contributed by atoms with Gasteiger partial charge in [-0.25, -0.2) is 4.79 Å². The lowest BCUT2D eigenvalue weighted by Crippen LogP contribution is -2.24. The zero-order valence-electron chi connectivity index (χ0n) is 10.6. The summed E-state index contributed by atoms with van der Waals surface area (Å²) in [6, 6.07) is 5.13. The second-order valence-corrected chi connectivity index (χ2v) is 5.11. The van der Waals surface area contributed by atoms with Crippen LogP contribution < -0.4 is 5.76 Å². The van der Waals surface area contributed by atoms with E-state index in [9.17, 15) is 9.59 Å². The van der Waals surface area contributed by atoms with Gasteiger partial charge in [-0.3, -0.25) is 9.78 Å². The van der Waals surface area contributed by atoms with Crippen molar-refractivity contribution in [1.82, 2.24) is 4.98 Å². The third-order valence-corrected chi connectivity index (χ3v) is 2.25. The van der Waals surface area contributed by atoms with Crippen molar-refractivity contribution >= 4 is 17.1 Å². The summed E-state index contributed by atoms with van der Waals surface area (Å²) in [5.74, 6) is -0.806. The highest BCUT2D eigenvalue weighted by Crippen LogP contribution is 2.14. The first-order valence-electron chi connectivity index (χ1n) is 5.67. The Kier molecular flexibility index (Phi) is 2.98. The third-order valence-electron chi connectivity index (χ3n) is 2.25. The Morgan fingerprint density at radius 2 is 2.11 bits per heavy atom. The number of esters is 1. The number of fused-ring (bicyclic) bond motifs is 1. The van der Waals surface area contributed by atoms with Crippen LogP contribution in [-0.4, -0.2) is 16.6 Å². The second-order valence-electron chi connectivity index (χ2n) is 5.11. The van der Waals surface area contributed by atoms with Crippen LogP contribution in [0.15, 0.2) is 27.4 Å². The number of carbonyl (C=O) groups is 1.